The summed E-state index contributed by atoms with van der Waals surface area (Å²) in [7, 11) is 1.64. The van der Waals surface area contributed by atoms with Crippen molar-refractivity contribution in [2.75, 3.05) is 13.1 Å². The fourth-order valence-electron chi connectivity index (χ4n) is 3.73. The summed E-state index contributed by atoms with van der Waals surface area (Å²) < 4.78 is 6.56. The van der Waals surface area contributed by atoms with Gasteiger partial charge in [0.05, 0.1) is 11.7 Å². The molecular weight excluding hydrogens is 332 g/mol. The topological polar surface area (TPSA) is 84.1 Å². The van der Waals surface area contributed by atoms with Gasteiger partial charge in [-0.25, -0.2) is 4.79 Å². The molecule has 0 radical (unpaired) electrons. The summed E-state index contributed by atoms with van der Waals surface area (Å²) in [6.45, 7) is 3.55. The molecule has 3 heterocycles. The third-order valence-corrected chi connectivity index (χ3v) is 5.27. The Morgan fingerprint density at radius 3 is 3.04 bits per heavy atom. The number of hydrogen-bond donors (Lipinski definition) is 1. The third-order valence-electron chi connectivity index (χ3n) is 5.27. The number of nitrogens with one attached hydrogen (secondary N) is 1. The number of aryl methyl sites for hydroxylation is 2. The minimum absolute atomic E-state index is 0.00609. The number of benzene rings is 1. The maximum atomic E-state index is 13.0. The second kappa shape index (κ2) is 6.48. The van der Waals surface area contributed by atoms with Gasteiger partial charge in [0.25, 0.3) is 5.91 Å². The number of H-pyrrole nitrogens is 1. The van der Waals surface area contributed by atoms with Crippen LogP contribution in [0.2, 0.25) is 0 Å². The number of amides is 1. The molecule has 0 bridgehead atoms. The van der Waals surface area contributed by atoms with Gasteiger partial charge < -0.3 is 9.32 Å². The minimum atomic E-state index is -0.419. The molecular formula is C19H22N4O3. The fourth-order valence-corrected chi connectivity index (χ4v) is 3.73. The smallest absolute Gasteiger partial charge is 0.408 e. The Hall–Kier alpha value is -2.83. The summed E-state index contributed by atoms with van der Waals surface area (Å²) >= 11 is 0. The van der Waals surface area contributed by atoms with E-state index in [2.05, 4.69) is 17.1 Å². The Labute approximate surface area is 150 Å². The van der Waals surface area contributed by atoms with Gasteiger partial charge in [-0.1, -0.05) is 0 Å². The normalized spacial score (nSPS) is 17.8. The highest BCUT2D eigenvalue weighted by Crippen LogP contribution is 2.23. The standard InChI is InChI=1S/C19H22N4O3/c1-12-10-20-21-15(12)8-13-4-3-7-23(11-13)18(24)14-5-6-17-16(9-14)22(2)19(25)26-17/h5-6,9-10,13H,3-4,7-8,11H2,1-2H3,(H,20,21)/t13-/m1/s1. The van der Waals surface area contributed by atoms with E-state index in [4.69, 9.17) is 4.42 Å². The number of piperidine rings is 1. The van der Waals surface area contributed by atoms with Gasteiger partial charge in [-0.2, -0.15) is 5.10 Å². The molecule has 0 aliphatic carbocycles. The van der Waals surface area contributed by atoms with E-state index in [1.54, 1.807) is 25.2 Å². The molecule has 7 heteroatoms. The molecule has 4 rings (SSSR count). The van der Waals surface area contributed by atoms with E-state index in [0.29, 0.717) is 22.6 Å². The molecule has 136 valence electrons. The quantitative estimate of drug-likeness (QED) is 0.782. The highest BCUT2D eigenvalue weighted by molar-refractivity contribution is 5.97. The molecule has 7 nitrogen and oxygen atoms in total. The summed E-state index contributed by atoms with van der Waals surface area (Å²) in [6, 6.07) is 5.17. The maximum absolute atomic E-state index is 13.0. The molecule has 0 unspecified atom stereocenters. The van der Waals surface area contributed by atoms with Crippen LogP contribution in [0, 0.1) is 12.8 Å². The van der Waals surface area contributed by atoms with Crippen molar-refractivity contribution in [3.63, 3.8) is 0 Å². The predicted octanol–water partition coefficient (Wildman–Crippen LogP) is 2.26. The fraction of sp³-hybridized carbons (Fsp3) is 0.421. The Kier molecular flexibility index (Phi) is 4.14. The highest BCUT2D eigenvalue weighted by Gasteiger charge is 2.26. The highest BCUT2D eigenvalue weighted by atomic mass is 16.4. The van der Waals surface area contributed by atoms with Crippen LogP contribution in [-0.4, -0.2) is 38.7 Å². The monoisotopic (exact) mass is 354 g/mol. The van der Waals surface area contributed by atoms with Crippen LogP contribution in [-0.2, 0) is 13.5 Å². The van der Waals surface area contributed by atoms with Crippen molar-refractivity contribution in [3.05, 3.63) is 51.8 Å². The lowest BCUT2D eigenvalue weighted by molar-refractivity contribution is 0.0673. The number of carbonyl (C=O) groups excluding carboxylic acids is 1. The molecule has 0 spiro atoms. The molecule has 3 aromatic rings. The van der Waals surface area contributed by atoms with Crippen molar-refractivity contribution in [3.8, 4) is 0 Å². The Bertz CT molecular complexity index is 1010. The van der Waals surface area contributed by atoms with Crippen molar-refractivity contribution in [1.29, 1.82) is 0 Å². The molecule has 1 saturated heterocycles. The van der Waals surface area contributed by atoms with E-state index in [1.165, 1.54) is 10.1 Å². The van der Waals surface area contributed by atoms with Gasteiger partial charge in [0.1, 0.15) is 0 Å². The van der Waals surface area contributed by atoms with Crippen molar-refractivity contribution in [2.24, 2.45) is 13.0 Å². The molecule has 1 atom stereocenters. The van der Waals surface area contributed by atoms with Crippen LogP contribution in [0.5, 0.6) is 0 Å². The van der Waals surface area contributed by atoms with Crippen LogP contribution in [0.15, 0.2) is 33.6 Å². The molecule has 26 heavy (non-hydrogen) atoms. The summed E-state index contributed by atoms with van der Waals surface area (Å²) in [6.07, 6.45) is 4.85. The Morgan fingerprint density at radius 1 is 1.42 bits per heavy atom. The lowest BCUT2D eigenvalue weighted by Crippen LogP contribution is -2.40. The van der Waals surface area contributed by atoms with Crippen LogP contribution in [0.3, 0.4) is 0 Å². The summed E-state index contributed by atoms with van der Waals surface area (Å²) in [4.78, 5) is 26.5. The SMILES string of the molecule is Cc1cn[nH]c1C[C@H]1CCCN(C(=O)c2ccc3oc(=O)n(C)c3c2)C1. The zero-order chi connectivity index (χ0) is 18.3. The number of nitrogens with zero attached hydrogens (tertiary/aromatic N) is 3. The summed E-state index contributed by atoms with van der Waals surface area (Å²) in [5.74, 6) is 0.0120. The van der Waals surface area contributed by atoms with E-state index in [0.717, 1.165) is 38.0 Å². The van der Waals surface area contributed by atoms with E-state index in [-0.39, 0.29) is 5.91 Å². The molecule has 2 aromatic heterocycles. The maximum Gasteiger partial charge on any atom is 0.419 e. The Balaban J connectivity index is 1.53. The first-order valence-corrected chi connectivity index (χ1v) is 8.90. The van der Waals surface area contributed by atoms with Crippen LogP contribution in [0.4, 0.5) is 0 Å². The van der Waals surface area contributed by atoms with E-state index < -0.39 is 5.76 Å². The molecule has 1 fully saturated rings. The van der Waals surface area contributed by atoms with Crippen molar-refractivity contribution in [2.45, 2.75) is 26.2 Å². The zero-order valence-corrected chi connectivity index (χ0v) is 15.0. The number of hydrogen-bond acceptors (Lipinski definition) is 4. The predicted molar refractivity (Wildman–Crippen MR) is 97.1 cm³/mol. The lowest BCUT2D eigenvalue weighted by Gasteiger charge is -2.32. The third kappa shape index (κ3) is 2.94. The number of aromatic nitrogens is 3. The molecule has 1 amide bonds. The van der Waals surface area contributed by atoms with Gasteiger partial charge in [0.15, 0.2) is 5.58 Å². The Morgan fingerprint density at radius 2 is 2.27 bits per heavy atom. The molecule has 1 aromatic carbocycles. The van der Waals surface area contributed by atoms with E-state index in [1.807, 2.05) is 11.1 Å². The van der Waals surface area contributed by atoms with Crippen LogP contribution < -0.4 is 5.76 Å². The first-order chi connectivity index (χ1) is 12.5. The number of fused-ring (bicyclic) bond motifs is 1. The first-order valence-electron chi connectivity index (χ1n) is 8.90. The second-order valence-electron chi connectivity index (χ2n) is 7.10. The van der Waals surface area contributed by atoms with Gasteiger partial charge in [-0.15, -0.1) is 0 Å². The van der Waals surface area contributed by atoms with E-state index >= 15 is 0 Å². The summed E-state index contributed by atoms with van der Waals surface area (Å²) in [5.41, 5.74) is 4.05. The van der Waals surface area contributed by atoms with Crippen LogP contribution >= 0.6 is 0 Å². The number of likely N-dealkylation sites (tertiary alicyclic amines) is 1. The molecule has 1 aliphatic rings. The average molecular weight is 354 g/mol. The van der Waals surface area contributed by atoms with Gasteiger partial charge >= 0.3 is 5.76 Å². The first kappa shape index (κ1) is 16.6. The van der Waals surface area contributed by atoms with Gasteiger partial charge in [0, 0.05) is 31.4 Å². The molecule has 1 aliphatic heterocycles. The lowest BCUT2D eigenvalue weighted by atomic mass is 9.92. The van der Waals surface area contributed by atoms with Gasteiger partial charge in [-0.3, -0.25) is 14.5 Å². The second-order valence-corrected chi connectivity index (χ2v) is 7.10. The van der Waals surface area contributed by atoms with Gasteiger partial charge in [-0.05, 0) is 55.9 Å². The largest absolute Gasteiger partial charge is 0.419 e. The molecule has 1 N–H and O–H groups in total. The average Bonchev–Trinajstić information content (AvgIpc) is 3.17. The van der Waals surface area contributed by atoms with Crippen molar-refractivity contribution < 1.29 is 9.21 Å². The summed E-state index contributed by atoms with van der Waals surface area (Å²) in [5, 5.41) is 7.15. The van der Waals surface area contributed by atoms with E-state index in [9.17, 15) is 9.59 Å². The van der Waals surface area contributed by atoms with Crippen LogP contribution in [0.1, 0.15) is 34.5 Å². The van der Waals surface area contributed by atoms with Gasteiger partial charge in [0.2, 0.25) is 0 Å². The number of rotatable bonds is 3. The number of oxazole rings is 1. The molecule has 0 saturated carbocycles. The zero-order valence-electron chi connectivity index (χ0n) is 15.0. The number of carbonyl (C=O) groups is 1. The number of aromatic amines is 1. The van der Waals surface area contributed by atoms with Crippen molar-refractivity contribution >= 4 is 17.0 Å². The van der Waals surface area contributed by atoms with Crippen LogP contribution in [0.25, 0.3) is 11.1 Å². The van der Waals surface area contributed by atoms with Crippen molar-refractivity contribution in [1.82, 2.24) is 19.7 Å². The minimum Gasteiger partial charge on any atom is -0.408 e.